The average molecular weight is 583 g/mol. The van der Waals surface area contributed by atoms with Crippen LogP contribution >= 0.6 is 0 Å². The molecule has 1 amide bonds. The van der Waals surface area contributed by atoms with E-state index in [1.165, 1.54) is 24.3 Å². The lowest BCUT2D eigenvalue weighted by molar-refractivity contribution is -0.141. The van der Waals surface area contributed by atoms with Gasteiger partial charge in [-0.3, -0.25) is 4.79 Å². The Hall–Kier alpha value is -4.07. The number of anilines is 1. The molecule has 14 heteroatoms. The van der Waals surface area contributed by atoms with E-state index in [1.807, 2.05) is 4.90 Å². The minimum absolute atomic E-state index is 0.0805. The van der Waals surface area contributed by atoms with Gasteiger partial charge in [-0.1, -0.05) is 24.8 Å². The van der Waals surface area contributed by atoms with Crippen molar-refractivity contribution in [2.75, 3.05) is 32.0 Å². The molecular weight excluding hydrogens is 557 g/mol. The van der Waals surface area contributed by atoms with Crippen LogP contribution in [0.1, 0.15) is 34.1 Å². The number of hydrogen-bond donors (Lipinski definition) is 2. The number of alkyl halides is 7. The van der Waals surface area contributed by atoms with Crippen molar-refractivity contribution in [1.29, 1.82) is 0 Å². The normalized spacial score (nSPS) is 18.5. The van der Waals surface area contributed by atoms with Gasteiger partial charge >= 0.3 is 12.4 Å². The van der Waals surface area contributed by atoms with Crippen molar-refractivity contribution in [3.05, 3.63) is 72.1 Å². The van der Waals surface area contributed by atoms with Crippen LogP contribution in [0.5, 0.6) is 0 Å². The average Bonchev–Trinajstić information content (AvgIpc) is 2.91. The van der Waals surface area contributed by atoms with Gasteiger partial charge in [0.1, 0.15) is 11.9 Å². The van der Waals surface area contributed by atoms with Crippen LogP contribution in [0.15, 0.2) is 49.2 Å². The minimum Gasteiger partial charge on any atom is -0.379 e. The van der Waals surface area contributed by atoms with E-state index in [-0.39, 0.29) is 24.2 Å². The number of pyridine rings is 1. The number of fused-ring (bicyclic) bond motifs is 1. The largest absolute Gasteiger partial charge is 0.433 e. The Morgan fingerprint density at radius 2 is 1.90 bits per heavy atom. The Labute approximate surface area is 230 Å². The number of carbonyl (C=O) groups excluding carboxylic acids is 1. The van der Waals surface area contributed by atoms with Crippen LogP contribution in [-0.4, -0.2) is 70.8 Å². The number of hydrogen-bond acceptors (Lipinski definition) is 6. The molecule has 1 aliphatic rings. The monoisotopic (exact) mass is 582 g/mol. The molecule has 0 aliphatic carbocycles. The number of halogens is 7. The number of likely N-dealkylation sites (tertiary alicyclic amines) is 1. The van der Waals surface area contributed by atoms with Crippen LogP contribution in [-0.2, 0) is 6.18 Å². The third-order valence-corrected chi connectivity index (χ3v) is 6.43. The molecule has 1 aromatic carbocycles. The molecule has 2 atom stereocenters. The van der Waals surface area contributed by atoms with Gasteiger partial charge in [-0.2, -0.15) is 26.3 Å². The van der Waals surface area contributed by atoms with Crippen molar-refractivity contribution in [1.82, 2.24) is 25.2 Å². The highest BCUT2D eigenvalue weighted by Gasteiger charge is 2.36. The summed E-state index contributed by atoms with van der Waals surface area (Å²) >= 11 is 0. The summed E-state index contributed by atoms with van der Waals surface area (Å²) in [5, 5.41) is 5.96. The van der Waals surface area contributed by atoms with Gasteiger partial charge in [-0.25, -0.2) is 19.3 Å². The number of aromatic nitrogens is 3. The highest BCUT2D eigenvalue weighted by molar-refractivity contribution is 6.01. The zero-order chi connectivity index (χ0) is 29.9. The summed E-state index contributed by atoms with van der Waals surface area (Å²) in [4.78, 5) is 24.9. The molecule has 0 saturated carbocycles. The Bertz CT molecular complexity index is 1470. The smallest absolute Gasteiger partial charge is 0.379 e. The maximum Gasteiger partial charge on any atom is 0.433 e. The Morgan fingerprint density at radius 1 is 1.15 bits per heavy atom. The molecule has 2 aromatic heterocycles. The summed E-state index contributed by atoms with van der Waals surface area (Å²) in [6.07, 6.45) is -6.75. The molecule has 0 spiro atoms. The number of carbonyl (C=O) groups is 1. The van der Waals surface area contributed by atoms with Crippen molar-refractivity contribution in [2.45, 2.75) is 31.0 Å². The minimum atomic E-state index is -4.78. The van der Waals surface area contributed by atoms with Crippen LogP contribution in [0.25, 0.3) is 22.4 Å². The van der Waals surface area contributed by atoms with Gasteiger partial charge in [-0.05, 0) is 37.7 Å². The molecule has 4 rings (SSSR count). The molecule has 1 fully saturated rings. The first-order valence-corrected chi connectivity index (χ1v) is 12.4. The molecule has 41 heavy (non-hydrogen) atoms. The molecule has 3 aromatic rings. The number of nitrogens with zero attached hydrogens (tertiary/aromatic N) is 4. The van der Waals surface area contributed by atoms with Gasteiger partial charge in [0, 0.05) is 42.3 Å². The van der Waals surface area contributed by atoms with Crippen LogP contribution < -0.4 is 10.6 Å². The predicted molar refractivity (Wildman–Crippen MR) is 140 cm³/mol. The number of piperidine rings is 1. The molecule has 1 aliphatic heterocycles. The molecule has 7 nitrogen and oxygen atoms in total. The van der Waals surface area contributed by atoms with Gasteiger partial charge in [0.2, 0.25) is 5.82 Å². The fourth-order valence-corrected chi connectivity index (χ4v) is 4.33. The van der Waals surface area contributed by atoms with Crippen molar-refractivity contribution in [2.24, 2.45) is 0 Å². The van der Waals surface area contributed by atoms with E-state index >= 15 is 0 Å². The third kappa shape index (κ3) is 7.17. The summed E-state index contributed by atoms with van der Waals surface area (Å²) in [7, 11) is 1.80. The standard InChI is InChI=1S/C27H25F7N6O/c1-15(26(29,30)31)23-17-6-3-7-20(38-21-9-12-40(2)14-19(21)28)18(17)13-16(37-23)5-4-10-36-25(41)24-35-11-8-22(39-24)27(32,33)34/h3-8,11,13,19,21,38H,1,9-10,12,14H2,2H3,(H,36,41)/b5-4+/t19-,21+/m0/s1. The van der Waals surface area contributed by atoms with E-state index < -0.39 is 53.3 Å². The van der Waals surface area contributed by atoms with Crippen LogP contribution in [0, 0.1) is 0 Å². The molecule has 3 heterocycles. The number of nitrogens with one attached hydrogen (secondary N) is 2. The van der Waals surface area contributed by atoms with Crippen LogP contribution in [0.4, 0.5) is 36.4 Å². The van der Waals surface area contributed by atoms with E-state index in [9.17, 15) is 35.5 Å². The maximum absolute atomic E-state index is 14.7. The third-order valence-electron chi connectivity index (χ3n) is 6.43. The Balaban J connectivity index is 1.60. The summed E-state index contributed by atoms with van der Waals surface area (Å²) in [5.74, 6) is -1.68. The summed E-state index contributed by atoms with van der Waals surface area (Å²) in [6.45, 7) is 3.82. The first kappa shape index (κ1) is 29.9. The molecule has 0 bridgehead atoms. The zero-order valence-corrected chi connectivity index (χ0v) is 21.7. The van der Waals surface area contributed by atoms with Gasteiger partial charge in [0.05, 0.1) is 23.0 Å². The Kier molecular flexibility index (Phi) is 8.61. The van der Waals surface area contributed by atoms with Gasteiger partial charge in [-0.15, -0.1) is 0 Å². The van der Waals surface area contributed by atoms with E-state index in [0.717, 1.165) is 6.20 Å². The number of benzene rings is 1. The van der Waals surface area contributed by atoms with Crippen molar-refractivity contribution in [3.63, 3.8) is 0 Å². The summed E-state index contributed by atoms with van der Waals surface area (Å²) in [6, 6.07) is 6.23. The maximum atomic E-state index is 14.7. The Morgan fingerprint density at radius 3 is 2.59 bits per heavy atom. The number of allylic oxidation sites excluding steroid dienone is 1. The molecule has 1 saturated heterocycles. The van der Waals surface area contributed by atoms with Gasteiger partial charge in [0.15, 0.2) is 0 Å². The quantitative estimate of drug-likeness (QED) is 0.358. The lowest BCUT2D eigenvalue weighted by Crippen LogP contribution is -2.46. The first-order valence-electron chi connectivity index (χ1n) is 12.4. The van der Waals surface area contributed by atoms with Gasteiger partial charge < -0.3 is 15.5 Å². The molecule has 2 N–H and O–H groups in total. The SMILES string of the molecule is C=C(c1nc(/C=C/CNC(=O)c2nccc(C(F)(F)F)n2)cc2c(N[C@@H]3CCN(C)C[C@@H]3F)cccc12)C(F)(F)F. The number of rotatable bonds is 7. The molecule has 0 radical (unpaired) electrons. The molecule has 218 valence electrons. The highest BCUT2D eigenvalue weighted by Crippen LogP contribution is 2.37. The van der Waals surface area contributed by atoms with E-state index in [1.54, 1.807) is 19.2 Å². The van der Waals surface area contributed by atoms with Crippen LogP contribution in [0.3, 0.4) is 0 Å². The van der Waals surface area contributed by atoms with E-state index in [0.29, 0.717) is 30.1 Å². The summed E-state index contributed by atoms with van der Waals surface area (Å²) in [5.41, 5.74) is -2.37. The fourth-order valence-electron chi connectivity index (χ4n) is 4.33. The lowest BCUT2D eigenvalue weighted by Gasteiger charge is -2.33. The van der Waals surface area contributed by atoms with Crippen LogP contribution in [0.2, 0.25) is 0 Å². The summed E-state index contributed by atoms with van der Waals surface area (Å²) < 4.78 is 94.2. The van der Waals surface area contributed by atoms with Crippen molar-refractivity contribution in [3.8, 4) is 0 Å². The number of amides is 1. The van der Waals surface area contributed by atoms with Crippen molar-refractivity contribution >= 4 is 34.0 Å². The van der Waals surface area contributed by atoms with Crippen molar-refractivity contribution < 1.29 is 35.5 Å². The van der Waals surface area contributed by atoms with E-state index in [2.05, 4.69) is 32.2 Å². The highest BCUT2D eigenvalue weighted by atomic mass is 19.4. The molecule has 0 unspecified atom stereocenters. The predicted octanol–water partition coefficient (Wildman–Crippen LogP) is 5.52. The second-order valence-corrected chi connectivity index (χ2v) is 9.47. The first-order chi connectivity index (χ1) is 19.2. The van der Waals surface area contributed by atoms with Gasteiger partial charge in [0.25, 0.3) is 5.91 Å². The zero-order valence-electron chi connectivity index (χ0n) is 21.7. The topological polar surface area (TPSA) is 83.0 Å². The fraction of sp³-hybridized carbons (Fsp3) is 0.333. The van der Waals surface area contributed by atoms with E-state index in [4.69, 9.17) is 0 Å². The molecular formula is C27H25F7N6O. The lowest BCUT2D eigenvalue weighted by atomic mass is 9.99. The second-order valence-electron chi connectivity index (χ2n) is 9.47. The second kappa shape index (κ2) is 11.8.